The molecule has 2 saturated heterocycles. The number of rotatable bonds is 3. The number of amides is 1. The summed E-state index contributed by atoms with van der Waals surface area (Å²) in [5.74, 6) is 0.797. The lowest BCUT2D eigenvalue weighted by Crippen LogP contribution is -2.43. The molecule has 0 atom stereocenters. The van der Waals surface area contributed by atoms with Crippen LogP contribution in [0.5, 0.6) is 0 Å². The van der Waals surface area contributed by atoms with E-state index in [-0.39, 0.29) is 30.7 Å². The predicted octanol–water partition coefficient (Wildman–Crippen LogP) is 5.13. The van der Waals surface area contributed by atoms with Gasteiger partial charge in [0, 0.05) is 25.2 Å². The van der Waals surface area contributed by atoms with Gasteiger partial charge in [-0.1, -0.05) is 30.3 Å². The molecular formula is C22H25Cl2N3O2S. The molecule has 3 aromatic rings. The fraction of sp³-hybridized carbons (Fsp3) is 0.364. The molecule has 0 radical (unpaired) electrons. The number of nitrogens with one attached hydrogen (secondary N) is 1. The molecule has 2 aliphatic rings. The number of benzene rings is 1. The summed E-state index contributed by atoms with van der Waals surface area (Å²) in [7, 11) is 0. The minimum absolute atomic E-state index is 0. The Morgan fingerprint density at radius 3 is 2.47 bits per heavy atom. The van der Waals surface area contributed by atoms with E-state index >= 15 is 0 Å². The zero-order chi connectivity index (χ0) is 19.0. The number of thiazole rings is 1. The van der Waals surface area contributed by atoms with E-state index in [0.29, 0.717) is 16.1 Å². The summed E-state index contributed by atoms with van der Waals surface area (Å²) >= 11 is 1.43. The number of piperidine rings is 1. The summed E-state index contributed by atoms with van der Waals surface area (Å²) < 4.78 is 5.53. The van der Waals surface area contributed by atoms with Gasteiger partial charge in [-0.25, -0.2) is 4.98 Å². The SMILES string of the molecule is Cl.Cl.O=C(c1sc(-c2ccco2)nc1-c1ccccc1)N1CCC2(CCNC2)CC1. The minimum atomic E-state index is 0. The molecule has 0 aliphatic carbocycles. The lowest BCUT2D eigenvalue weighted by atomic mass is 9.78. The second-order valence-corrected chi connectivity index (χ2v) is 8.76. The van der Waals surface area contributed by atoms with Gasteiger partial charge in [0.05, 0.1) is 12.0 Å². The molecule has 5 nitrogen and oxygen atoms in total. The number of hydrogen-bond acceptors (Lipinski definition) is 5. The fourth-order valence-corrected chi connectivity index (χ4v) is 5.34. The van der Waals surface area contributed by atoms with Crippen LogP contribution in [0.3, 0.4) is 0 Å². The maximum absolute atomic E-state index is 13.4. The van der Waals surface area contributed by atoms with Crippen molar-refractivity contribution in [1.29, 1.82) is 0 Å². The second kappa shape index (κ2) is 9.52. The Labute approximate surface area is 192 Å². The van der Waals surface area contributed by atoms with E-state index in [0.717, 1.165) is 55.3 Å². The van der Waals surface area contributed by atoms with Gasteiger partial charge in [0.15, 0.2) is 10.8 Å². The van der Waals surface area contributed by atoms with Crippen molar-refractivity contribution < 1.29 is 9.21 Å². The van der Waals surface area contributed by atoms with E-state index in [9.17, 15) is 4.79 Å². The maximum atomic E-state index is 13.4. The molecule has 0 bridgehead atoms. The summed E-state index contributed by atoms with van der Waals surface area (Å²) in [6.07, 6.45) is 5.03. The van der Waals surface area contributed by atoms with E-state index < -0.39 is 0 Å². The Kier molecular flexibility index (Phi) is 7.24. The first-order valence-corrected chi connectivity index (χ1v) is 10.7. The fourth-order valence-electron chi connectivity index (χ4n) is 4.31. The third-order valence-corrected chi connectivity index (χ3v) is 7.10. The smallest absolute Gasteiger partial charge is 0.266 e. The Morgan fingerprint density at radius 2 is 1.83 bits per heavy atom. The number of carbonyl (C=O) groups is 1. The van der Waals surface area contributed by atoms with Crippen molar-refractivity contribution in [3.8, 4) is 22.0 Å². The first kappa shape index (κ1) is 22.8. The van der Waals surface area contributed by atoms with Crippen LogP contribution in [-0.4, -0.2) is 42.0 Å². The number of hydrogen-bond donors (Lipinski definition) is 1. The van der Waals surface area contributed by atoms with Gasteiger partial charge in [-0.3, -0.25) is 4.79 Å². The highest BCUT2D eigenvalue weighted by atomic mass is 35.5. The molecule has 1 aromatic carbocycles. The van der Waals surface area contributed by atoms with Gasteiger partial charge >= 0.3 is 0 Å². The second-order valence-electron chi connectivity index (χ2n) is 7.76. The lowest BCUT2D eigenvalue weighted by Gasteiger charge is -2.38. The van der Waals surface area contributed by atoms with Crippen LogP contribution < -0.4 is 5.32 Å². The first-order chi connectivity index (χ1) is 13.7. The topological polar surface area (TPSA) is 58.4 Å². The van der Waals surface area contributed by atoms with Crippen molar-refractivity contribution in [3.63, 3.8) is 0 Å². The molecule has 1 amide bonds. The summed E-state index contributed by atoms with van der Waals surface area (Å²) in [5.41, 5.74) is 2.12. The average molecular weight is 466 g/mol. The lowest BCUT2D eigenvalue weighted by molar-refractivity contribution is 0.0613. The van der Waals surface area contributed by atoms with Crippen molar-refractivity contribution in [2.45, 2.75) is 19.3 Å². The van der Waals surface area contributed by atoms with Crippen molar-refractivity contribution in [1.82, 2.24) is 15.2 Å². The van der Waals surface area contributed by atoms with Crippen molar-refractivity contribution in [2.24, 2.45) is 5.41 Å². The van der Waals surface area contributed by atoms with Crippen LogP contribution in [0.2, 0.25) is 0 Å². The molecule has 2 aromatic heterocycles. The standard InChI is InChI=1S/C22H23N3O2S.2ClH/c26-21(25-12-9-22(10-13-25)8-11-23-15-22)19-18(16-5-2-1-3-6-16)24-20(28-19)17-7-4-14-27-17;;/h1-7,14,23H,8-13,15H2;2*1H. The van der Waals surface area contributed by atoms with Gasteiger partial charge in [0.2, 0.25) is 0 Å². The molecule has 1 N–H and O–H groups in total. The Morgan fingerprint density at radius 1 is 1.07 bits per heavy atom. The molecule has 2 fully saturated rings. The number of nitrogens with zero attached hydrogens (tertiary/aromatic N) is 2. The van der Waals surface area contributed by atoms with Gasteiger partial charge in [-0.2, -0.15) is 0 Å². The molecule has 4 heterocycles. The number of likely N-dealkylation sites (tertiary alicyclic amines) is 1. The highest BCUT2D eigenvalue weighted by Crippen LogP contribution is 2.39. The summed E-state index contributed by atoms with van der Waals surface area (Å²) in [5, 5.41) is 4.24. The maximum Gasteiger partial charge on any atom is 0.266 e. The summed E-state index contributed by atoms with van der Waals surface area (Å²) in [4.78, 5) is 20.9. The van der Waals surface area contributed by atoms with Crippen LogP contribution in [0, 0.1) is 5.41 Å². The molecule has 1 spiro atoms. The van der Waals surface area contributed by atoms with Gasteiger partial charge in [-0.15, -0.1) is 36.2 Å². The number of aromatic nitrogens is 1. The van der Waals surface area contributed by atoms with E-state index in [1.165, 1.54) is 17.8 Å². The van der Waals surface area contributed by atoms with E-state index in [4.69, 9.17) is 9.40 Å². The number of carbonyl (C=O) groups excluding carboxylic acids is 1. The number of halogens is 2. The van der Waals surface area contributed by atoms with Crippen LogP contribution in [0.25, 0.3) is 22.0 Å². The highest BCUT2D eigenvalue weighted by Gasteiger charge is 2.39. The molecule has 0 saturated carbocycles. The molecule has 2 aliphatic heterocycles. The van der Waals surface area contributed by atoms with Gasteiger partial charge in [0.1, 0.15) is 4.88 Å². The van der Waals surface area contributed by atoms with Crippen molar-refractivity contribution in [3.05, 3.63) is 53.6 Å². The third-order valence-electron chi connectivity index (χ3n) is 6.04. The van der Waals surface area contributed by atoms with Gasteiger partial charge in [0.25, 0.3) is 5.91 Å². The zero-order valence-electron chi connectivity index (χ0n) is 16.5. The molecule has 5 rings (SSSR count). The third kappa shape index (κ3) is 4.28. The van der Waals surface area contributed by atoms with Crippen LogP contribution >= 0.6 is 36.2 Å². The monoisotopic (exact) mass is 465 g/mol. The van der Waals surface area contributed by atoms with E-state index in [1.54, 1.807) is 6.26 Å². The van der Waals surface area contributed by atoms with E-state index in [1.807, 2.05) is 47.4 Å². The van der Waals surface area contributed by atoms with Crippen molar-refractivity contribution in [2.75, 3.05) is 26.2 Å². The predicted molar refractivity (Wildman–Crippen MR) is 125 cm³/mol. The first-order valence-electron chi connectivity index (χ1n) is 9.84. The number of furan rings is 1. The normalized spacial score (nSPS) is 17.4. The van der Waals surface area contributed by atoms with Crippen molar-refractivity contribution >= 4 is 42.1 Å². The Balaban J connectivity index is 0.00000128. The average Bonchev–Trinajstić information content (AvgIpc) is 3.49. The van der Waals surface area contributed by atoms with Gasteiger partial charge in [-0.05, 0) is 43.4 Å². The molecule has 0 unspecified atom stereocenters. The highest BCUT2D eigenvalue weighted by molar-refractivity contribution is 7.17. The zero-order valence-corrected chi connectivity index (χ0v) is 19.0. The molecular weight excluding hydrogens is 441 g/mol. The molecule has 160 valence electrons. The Hall–Kier alpha value is -1.86. The Bertz CT molecular complexity index is 960. The van der Waals surface area contributed by atoms with Gasteiger partial charge < -0.3 is 14.6 Å². The summed E-state index contributed by atoms with van der Waals surface area (Å²) in [6.45, 7) is 3.84. The largest absolute Gasteiger partial charge is 0.462 e. The minimum Gasteiger partial charge on any atom is -0.462 e. The quantitative estimate of drug-likeness (QED) is 0.582. The van der Waals surface area contributed by atoms with Crippen LogP contribution in [-0.2, 0) is 0 Å². The van der Waals surface area contributed by atoms with Crippen LogP contribution in [0.15, 0.2) is 53.1 Å². The van der Waals surface area contributed by atoms with Crippen LogP contribution in [0.1, 0.15) is 28.9 Å². The van der Waals surface area contributed by atoms with Crippen LogP contribution in [0.4, 0.5) is 0 Å². The van der Waals surface area contributed by atoms with E-state index in [2.05, 4.69) is 5.32 Å². The summed E-state index contributed by atoms with van der Waals surface area (Å²) in [6, 6.07) is 13.7. The molecule has 30 heavy (non-hydrogen) atoms. The molecule has 8 heteroatoms.